The van der Waals surface area contributed by atoms with Gasteiger partial charge in [0.25, 0.3) is 0 Å². The molecule has 82 valence electrons. The van der Waals surface area contributed by atoms with E-state index in [1.165, 1.54) is 0 Å². The molecule has 3 N–H and O–H groups in total. The van der Waals surface area contributed by atoms with Crippen LogP contribution in [-0.2, 0) is 0 Å². The van der Waals surface area contributed by atoms with Crippen LogP contribution in [0.5, 0.6) is 0 Å². The number of pyridine rings is 1. The van der Waals surface area contributed by atoms with Crippen molar-refractivity contribution in [2.75, 3.05) is 5.43 Å². The van der Waals surface area contributed by atoms with Crippen LogP contribution in [0.25, 0.3) is 11.5 Å². The van der Waals surface area contributed by atoms with E-state index in [1.807, 2.05) is 26.0 Å². The zero-order valence-electron chi connectivity index (χ0n) is 9.23. The van der Waals surface area contributed by atoms with Crippen molar-refractivity contribution in [2.24, 2.45) is 5.84 Å². The number of aromatic nitrogens is 3. The Bertz CT molecular complexity index is 509. The van der Waals surface area contributed by atoms with Gasteiger partial charge >= 0.3 is 0 Å². The first kappa shape index (κ1) is 10.5. The minimum atomic E-state index is 0.589. The van der Waals surface area contributed by atoms with Crippen LogP contribution in [-0.4, -0.2) is 15.0 Å². The van der Waals surface area contributed by atoms with Crippen molar-refractivity contribution in [1.29, 1.82) is 0 Å². The van der Waals surface area contributed by atoms with Crippen LogP contribution in [0.4, 0.5) is 5.82 Å². The molecule has 0 aliphatic carbocycles. The number of aryl methyl sites for hydroxylation is 2. The van der Waals surface area contributed by atoms with Crippen molar-refractivity contribution in [3.8, 4) is 11.5 Å². The van der Waals surface area contributed by atoms with Gasteiger partial charge in [-0.05, 0) is 25.5 Å². The van der Waals surface area contributed by atoms with Crippen LogP contribution in [0.2, 0.25) is 0 Å². The first-order chi connectivity index (χ1) is 7.70. The SMILES string of the molecule is Cc1cc(NN)nc(-c2ncccc2C)n1. The summed E-state index contributed by atoms with van der Waals surface area (Å²) < 4.78 is 0. The number of hydrogen-bond donors (Lipinski definition) is 2. The highest BCUT2D eigenvalue weighted by atomic mass is 15.3. The lowest BCUT2D eigenvalue weighted by molar-refractivity contribution is 1.07. The topological polar surface area (TPSA) is 76.7 Å². The minimum Gasteiger partial charge on any atom is -0.308 e. The summed E-state index contributed by atoms with van der Waals surface area (Å²) in [5.41, 5.74) is 5.19. The lowest BCUT2D eigenvalue weighted by atomic mass is 10.2. The maximum atomic E-state index is 5.34. The molecule has 5 nitrogen and oxygen atoms in total. The van der Waals surface area contributed by atoms with Crippen LogP contribution >= 0.6 is 0 Å². The molecular formula is C11H13N5. The highest BCUT2D eigenvalue weighted by molar-refractivity contribution is 5.56. The van der Waals surface area contributed by atoms with Gasteiger partial charge in [-0.25, -0.2) is 15.8 Å². The van der Waals surface area contributed by atoms with Gasteiger partial charge in [-0.3, -0.25) is 4.98 Å². The summed E-state index contributed by atoms with van der Waals surface area (Å²) in [6, 6.07) is 5.64. The molecule has 2 aromatic rings. The smallest absolute Gasteiger partial charge is 0.180 e. The third kappa shape index (κ3) is 1.99. The van der Waals surface area contributed by atoms with Crippen LogP contribution < -0.4 is 11.3 Å². The first-order valence-electron chi connectivity index (χ1n) is 4.95. The van der Waals surface area contributed by atoms with Gasteiger partial charge in [-0.2, -0.15) is 0 Å². The van der Waals surface area contributed by atoms with Gasteiger partial charge in [0.1, 0.15) is 11.5 Å². The van der Waals surface area contributed by atoms with Crippen molar-refractivity contribution < 1.29 is 0 Å². The minimum absolute atomic E-state index is 0.589. The van der Waals surface area contributed by atoms with Gasteiger partial charge < -0.3 is 5.43 Å². The monoisotopic (exact) mass is 215 g/mol. The number of hydrogen-bond acceptors (Lipinski definition) is 5. The maximum absolute atomic E-state index is 5.34. The lowest BCUT2D eigenvalue weighted by Gasteiger charge is -2.06. The molecule has 0 aliphatic heterocycles. The van der Waals surface area contributed by atoms with Crippen molar-refractivity contribution in [2.45, 2.75) is 13.8 Å². The summed E-state index contributed by atoms with van der Waals surface area (Å²) in [5.74, 6) is 6.52. The van der Waals surface area contributed by atoms with Gasteiger partial charge in [0, 0.05) is 18.0 Å². The standard InChI is InChI=1S/C11H13N5/c1-7-4-3-5-13-10(7)11-14-8(2)6-9(15-11)16-12/h3-6H,12H2,1-2H3,(H,14,15,16). The Morgan fingerprint density at radius 2 is 2.06 bits per heavy atom. The Morgan fingerprint density at radius 1 is 1.25 bits per heavy atom. The number of rotatable bonds is 2. The van der Waals surface area contributed by atoms with Crippen LogP contribution in [0, 0.1) is 13.8 Å². The summed E-state index contributed by atoms with van der Waals surface area (Å²) in [7, 11) is 0. The molecule has 0 saturated heterocycles. The number of nitrogens with two attached hydrogens (primary N) is 1. The summed E-state index contributed by atoms with van der Waals surface area (Å²) in [4.78, 5) is 12.9. The average Bonchev–Trinajstić information content (AvgIpc) is 2.28. The molecule has 2 heterocycles. The van der Waals surface area contributed by atoms with E-state index in [-0.39, 0.29) is 0 Å². The van der Waals surface area contributed by atoms with Crippen LogP contribution in [0.3, 0.4) is 0 Å². The van der Waals surface area contributed by atoms with Crippen molar-refractivity contribution >= 4 is 5.82 Å². The van der Waals surface area contributed by atoms with E-state index in [4.69, 9.17) is 5.84 Å². The van der Waals surface area contributed by atoms with Gasteiger partial charge in [-0.1, -0.05) is 6.07 Å². The second-order valence-corrected chi connectivity index (χ2v) is 3.53. The van der Waals surface area contributed by atoms with Crippen molar-refractivity contribution in [1.82, 2.24) is 15.0 Å². The Balaban J connectivity index is 2.56. The van der Waals surface area contributed by atoms with Gasteiger partial charge in [0.15, 0.2) is 5.82 Å². The van der Waals surface area contributed by atoms with Crippen molar-refractivity contribution in [3.05, 3.63) is 35.7 Å². The Kier molecular flexibility index (Phi) is 2.78. The third-order valence-corrected chi connectivity index (χ3v) is 2.22. The van der Waals surface area contributed by atoms with E-state index < -0.39 is 0 Å². The molecule has 0 radical (unpaired) electrons. The van der Waals surface area contributed by atoms with E-state index in [9.17, 15) is 0 Å². The fourth-order valence-electron chi connectivity index (χ4n) is 1.47. The molecule has 5 heteroatoms. The molecule has 16 heavy (non-hydrogen) atoms. The molecular weight excluding hydrogens is 202 g/mol. The zero-order valence-corrected chi connectivity index (χ0v) is 9.23. The number of nitrogen functional groups attached to an aromatic ring is 1. The van der Waals surface area contributed by atoms with E-state index >= 15 is 0 Å². The summed E-state index contributed by atoms with van der Waals surface area (Å²) in [6.07, 6.45) is 1.73. The average molecular weight is 215 g/mol. The number of nitrogens with one attached hydrogen (secondary N) is 1. The molecule has 0 amide bonds. The van der Waals surface area contributed by atoms with E-state index in [2.05, 4.69) is 20.4 Å². The third-order valence-electron chi connectivity index (χ3n) is 2.22. The second kappa shape index (κ2) is 4.24. The van der Waals surface area contributed by atoms with Crippen LogP contribution in [0.1, 0.15) is 11.3 Å². The second-order valence-electron chi connectivity index (χ2n) is 3.53. The molecule has 0 unspecified atom stereocenters. The fourth-order valence-corrected chi connectivity index (χ4v) is 1.47. The molecule has 0 fully saturated rings. The van der Waals surface area contributed by atoms with E-state index in [0.29, 0.717) is 11.6 Å². The zero-order chi connectivity index (χ0) is 11.5. The summed E-state index contributed by atoms with van der Waals surface area (Å²) in [6.45, 7) is 3.87. The number of hydrazine groups is 1. The van der Waals surface area contributed by atoms with Crippen molar-refractivity contribution in [3.63, 3.8) is 0 Å². The predicted octanol–water partition coefficient (Wildman–Crippen LogP) is 1.44. The number of nitrogens with zero attached hydrogens (tertiary/aromatic N) is 3. The number of anilines is 1. The lowest BCUT2D eigenvalue weighted by Crippen LogP contribution is -2.10. The predicted molar refractivity (Wildman–Crippen MR) is 62.5 cm³/mol. The fraction of sp³-hybridized carbons (Fsp3) is 0.182. The van der Waals surface area contributed by atoms with Gasteiger partial charge in [0.05, 0.1) is 0 Å². The molecule has 0 saturated carbocycles. The van der Waals surface area contributed by atoms with E-state index in [1.54, 1.807) is 12.3 Å². The first-order valence-corrected chi connectivity index (χ1v) is 4.95. The van der Waals surface area contributed by atoms with Gasteiger partial charge in [-0.15, -0.1) is 0 Å². The molecule has 0 atom stereocenters. The normalized spacial score (nSPS) is 10.2. The molecule has 0 aromatic carbocycles. The molecule has 2 rings (SSSR count). The quantitative estimate of drug-likeness (QED) is 0.585. The molecule has 0 bridgehead atoms. The van der Waals surface area contributed by atoms with E-state index in [0.717, 1.165) is 17.0 Å². The Morgan fingerprint density at radius 3 is 2.75 bits per heavy atom. The van der Waals surface area contributed by atoms with Crippen LogP contribution in [0.15, 0.2) is 24.4 Å². The molecule has 2 aromatic heterocycles. The molecule has 0 aliphatic rings. The summed E-state index contributed by atoms with van der Waals surface area (Å²) in [5, 5.41) is 0. The Labute approximate surface area is 93.7 Å². The summed E-state index contributed by atoms with van der Waals surface area (Å²) >= 11 is 0. The highest BCUT2D eigenvalue weighted by Gasteiger charge is 2.07. The highest BCUT2D eigenvalue weighted by Crippen LogP contribution is 2.18. The molecule has 0 spiro atoms. The largest absolute Gasteiger partial charge is 0.308 e. The Hall–Kier alpha value is -2.01. The van der Waals surface area contributed by atoms with Gasteiger partial charge in [0.2, 0.25) is 0 Å². The maximum Gasteiger partial charge on any atom is 0.180 e.